The summed E-state index contributed by atoms with van der Waals surface area (Å²) in [6, 6.07) is 20.4. The zero-order valence-electron chi connectivity index (χ0n) is 13.7. The molecule has 0 aliphatic carbocycles. The second-order valence-electron chi connectivity index (χ2n) is 5.88. The molecule has 2 aromatic carbocycles. The highest BCUT2D eigenvalue weighted by atomic mass is 15.2. The van der Waals surface area contributed by atoms with Crippen LogP contribution in [0, 0.1) is 13.8 Å². The van der Waals surface area contributed by atoms with E-state index in [-0.39, 0.29) is 0 Å². The van der Waals surface area contributed by atoms with Gasteiger partial charge in [-0.3, -0.25) is 10.2 Å². The van der Waals surface area contributed by atoms with E-state index in [1.165, 1.54) is 0 Å². The lowest BCUT2D eigenvalue weighted by molar-refractivity contribution is 1.06. The minimum atomic E-state index is 0.973. The Labute approximate surface area is 140 Å². The maximum absolute atomic E-state index is 4.51. The molecule has 2 heterocycles. The summed E-state index contributed by atoms with van der Waals surface area (Å²) in [4.78, 5) is 0. The van der Waals surface area contributed by atoms with Crippen molar-refractivity contribution in [2.45, 2.75) is 13.8 Å². The third kappa shape index (κ3) is 2.33. The molecule has 0 saturated carbocycles. The molecule has 4 nitrogen and oxygen atoms in total. The Morgan fingerprint density at radius 3 is 1.33 bits per heavy atom. The van der Waals surface area contributed by atoms with E-state index in [0.717, 1.165) is 45.0 Å². The Hall–Kier alpha value is -3.14. The van der Waals surface area contributed by atoms with Crippen LogP contribution in [0.2, 0.25) is 0 Å². The predicted octanol–water partition coefficient (Wildman–Crippen LogP) is 4.75. The third-order valence-corrected chi connectivity index (χ3v) is 4.36. The van der Waals surface area contributed by atoms with Gasteiger partial charge in [-0.05, 0) is 13.8 Å². The molecule has 4 aromatic rings. The number of aromatic nitrogens is 4. The molecule has 0 aliphatic rings. The van der Waals surface area contributed by atoms with Crippen molar-refractivity contribution in [3.8, 4) is 33.9 Å². The molecule has 2 aromatic heterocycles. The predicted molar refractivity (Wildman–Crippen MR) is 96.5 cm³/mol. The van der Waals surface area contributed by atoms with Crippen molar-refractivity contribution in [2.75, 3.05) is 0 Å². The van der Waals surface area contributed by atoms with E-state index < -0.39 is 0 Å². The van der Waals surface area contributed by atoms with Gasteiger partial charge in [0.2, 0.25) is 0 Å². The van der Waals surface area contributed by atoms with Crippen molar-refractivity contribution in [1.82, 2.24) is 20.4 Å². The first kappa shape index (κ1) is 14.5. The average Bonchev–Trinajstić information content (AvgIpc) is 3.19. The van der Waals surface area contributed by atoms with Crippen molar-refractivity contribution in [1.29, 1.82) is 0 Å². The van der Waals surface area contributed by atoms with Gasteiger partial charge in [0.05, 0.1) is 22.8 Å². The molecule has 0 unspecified atom stereocenters. The average molecular weight is 314 g/mol. The molecule has 0 bridgehead atoms. The summed E-state index contributed by atoms with van der Waals surface area (Å²) in [6.45, 7) is 4.17. The fraction of sp³-hybridized carbons (Fsp3) is 0.100. The second-order valence-corrected chi connectivity index (χ2v) is 5.88. The van der Waals surface area contributed by atoms with Gasteiger partial charge < -0.3 is 0 Å². The number of H-pyrrole nitrogens is 2. The van der Waals surface area contributed by atoms with E-state index in [2.05, 4.69) is 58.5 Å². The maximum Gasteiger partial charge on any atom is 0.0956 e. The summed E-state index contributed by atoms with van der Waals surface area (Å²) >= 11 is 0. The van der Waals surface area contributed by atoms with Crippen LogP contribution in [-0.2, 0) is 0 Å². The van der Waals surface area contributed by atoms with E-state index in [1.807, 2.05) is 36.4 Å². The first-order chi connectivity index (χ1) is 11.8. The fourth-order valence-electron chi connectivity index (χ4n) is 3.04. The molecule has 4 rings (SSSR count). The summed E-state index contributed by atoms with van der Waals surface area (Å²) in [5.41, 5.74) is 8.37. The summed E-state index contributed by atoms with van der Waals surface area (Å²) in [5.74, 6) is 0. The highest BCUT2D eigenvalue weighted by Gasteiger charge is 2.18. The monoisotopic (exact) mass is 314 g/mol. The van der Waals surface area contributed by atoms with E-state index in [1.54, 1.807) is 0 Å². The molecule has 0 saturated heterocycles. The van der Waals surface area contributed by atoms with Gasteiger partial charge in [0.25, 0.3) is 0 Å². The zero-order chi connectivity index (χ0) is 16.5. The van der Waals surface area contributed by atoms with Crippen molar-refractivity contribution < 1.29 is 0 Å². The first-order valence-corrected chi connectivity index (χ1v) is 7.97. The van der Waals surface area contributed by atoms with Crippen molar-refractivity contribution in [2.24, 2.45) is 0 Å². The lowest BCUT2D eigenvalue weighted by atomic mass is 10.0. The highest BCUT2D eigenvalue weighted by molar-refractivity contribution is 5.77. The van der Waals surface area contributed by atoms with E-state index in [9.17, 15) is 0 Å². The van der Waals surface area contributed by atoms with Crippen molar-refractivity contribution in [3.05, 3.63) is 71.8 Å². The summed E-state index contributed by atoms with van der Waals surface area (Å²) in [6.07, 6.45) is 0. The van der Waals surface area contributed by atoms with Gasteiger partial charge >= 0.3 is 0 Å². The number of nitrogens with zero attached hydrogens (tertiary/aromatic N) is 2. The molecular weight excluding hydrogens is 296 g/mol. The molecule has 0 amide bonds. The van der Waals surface area contributed by atoms with Crippen LogP contribution in [0.1, 0.15) is 11.1 Å². The van der Waals surface area contributed by atoms with Gasteiger partial charge in [0.15, 0.2) is 0 Å². The summed E-state index contributed by atoms with van der Waals surface area (Å²) in [7, 11) is 0. The smallest absolute Gasteiger partial charge is 0.0956 e. The Balaban J connectivity index is 1.79. The largest absolute Gasteiger partial charge is 0.275 e. The van der Waals surface area contributed by atoms with Gasteiger partial charge in [-0.2, -0.15) is 10.2 Å². The highest BCUT2D eigenvalue weighted by Crippen LogP contribution is 2.33. The third-order valence-electron chi connectivity index (χ3n) is 4.36. The molecule has 0 fully saturated rings. The molecule has 0 spiro atoms. The first-order valence-electron chi connectivity index (χ1n) is 7.97. The van der Waals surface area contributed by atoms with E-state index >= 15 is 0 Å². The SMILES string of the molecule is Cc1c(-c2ccccc2)n[nH]c1-c1[nH]nc(-c2ccccc2)c1C. The summed E-state index contributed by atoms with van der Waals surface area (Å²) in [5, 5.41) is 15.4. The van der Waals surface area contributed by atoms with Crippen LogP contribution >= 0.6 is 0 Å². The topological polar surface area (TPSA) is 57.4 Å². The Morgan fingerprint density at radius 2 is 0.958 bits per heavy atom. The number of aromatic amines is 2. The van der Waals surface area contributed by atoms with Crippen LogP contribution in [0.3, 0.4) is 0 Å². The molecule has 118 valence electrons. The minimum Gasteiger partial charge on any atom is -0.275 e. The molecule has 0 atom stereocenters. The molecule has 4 heteroatoms. The van der Waals surface area contributed by atoms with Crippen LogP contribution in [0.4, 0.5) is 0 Å². The van der Waals surface area contributed by atoms with Gasteiger partial charge in [0.1, 0.15) is 0 Å². The number of hydrogen-bond donors (Lipinski definition) is 2. The van der Waals surface area contributed by atoms with Crippen LogP contribution in [0.15, 0.2) is 60.7 Å². The van der Waals surface area contributed by atoms with Crippen LogP contribution in [0.25, 0.3) is 33.9 Å². The van der Waals surface area contributed by atoms with Crippen LogP contribution in [0.5, 0.6) is 0 Å². The molecule has 0 aliphatic heterocycles. The maximum atomic E-state index is 4.51. The van der Waals surface area contributed by atoms with Gasteiger partial charge in [0, 0.05) is 22.3 Å². The quantitative estimate of drug-likeness (QED) is 0.573. The molecular formula is C20H18N4. The van der Waals surface area contributed by atoms with Crippen LogP contribution < -0.4 is 0 Å². The van der Waals surface area contributed by atoms with Gasteiger partial charge in [-0.1, -0.05) is 60.7 Å². The zero-order valence-corrected chi connectivity index (χ0v) is 13.7. The Bertz CT molecular complexity index is 884. The Kier molecular flexibility index (Phi) is 3.50. The number of hydrogen-bond acceptors (Lipinski definition) is 2. The summed E-state index contributed by atoms with van der Waals surface area (Å²) < 4.78 is 0. The standard InChI is InChI=1S/C20H18N4/c1-13-17(15-9-5-3-6-10-15)21-23-19(13)20-14(2)18(22-24-20)16-11-7-4-8-12-16/h3-12H,1-2H3,(H,21,23)(H,22,24). The Morgan fingerprint density at radius 1 is 0.583 bits per heavy atom. The normalized spacial score (nSPS) is 10.9. The van der Waals surface area contributed by atoms with Crippen molar-refractivity contribution in [3.63, 3.8) is 0 Å². The number of rotatable bonds is 3. The molecule has 2 N–H and O–H groups in total. The molecule has 0 radical (unpaired) electrons. The van der Waals surface area contributed by atoms with Crippen LogP contribution in [-0.4, -0.2) is 20.4 Å². The van der Waals surface area contributed by atoms with Crippen molar-refractivity contribution >= 4 is 0 Å². The van der Waals surface area contributed by atoms with Gasteiger partial charge in [-0.25, -0.2) is 0 Å². The van der Waals surface area contributed by atoms with Gasteiger partial charge in [-0.15, -0.1) is 0 Å². The second kappa shape index (κ2) is 5.81. The molecule has 24 heavy (non-hydrogen) atoms. The lowest BCUT2D eigenvalue weighted by Crippen LogP contribution is -1.85. The fourth-order valence-corrected chi connectivity index (χ4v) is 3.04. The van der Waals surface area contributed by atoms with E-state index in [4.69, 9.17) is 0 Å². The van der Waals surface area contributed by atoms with E-state index in [0.29, 0.717) is 0 Å². The number of benzene rings is 2. The number of nitrogens with one attached hydrogen (secondary N) is 2. The minimum absolute atomic E-state index is 0.973. The lowest BCUT2D eigenvalue weighted by Gasteiger charge is -2.01.